The van der Waals surface area contributed by atoms with Gasteiger partial charge in [-0.15, -0.1) is 10.2 Å². The zero-order valence-corrected chi connectivity index (χ0v) is 16.6. The Morgan fingerprint density at radius 1 is 1.17 bits per heavy atom. The Balaban J connectivity index is 1.49. The monoisotopic (exact) mass is 390 g/mol. The van der Waals surface area contributed by atoms with Gasteiger partial charge in [0.25, 0.3) is 11.8 Å². The number of benzene rings is 1. The van der Waals surface area contributed by atoms with E-state index >= 15 is 0 Å². The Labute approximate surface area is 168 Å². The number of aryl methyl sites for hydroxylation is 1. The molecule has 0 fully saturated rings. The highest BCUT2D eigenvalue weighted by Gasteiger charge is 2.14. The molecular formula is C21H22N6O2. The highest BCUT2D eigenvalue weighted by atomic mass is 16.5. The zero-order chi connectivity index (χ0) is 20.4. The maximum absolute atomic E-state index is 12.4. The summed E-state index contributed by atoms with van der Waals surface area (Å²) in [4.78, 5) is 16.8. The van der Waals surface area contributed by atoms with Gasteiger partial charge in [0.2, 0.25) is 0 Å². The second kappa shape index (κ2) is 7.83. The lowest BCUT2D eigenvalue weighted by Crippen LogP contribution is -2.24. The van der Waals surface area contributed by atoms with Gasteiger partial charge in [-0.05, 0) is 36.2 Å². The van der Waals surface area contributed by atoms with Crippen LogP contribution in [0.15, 0.2) is 47.1 Å². The third-order valence-electron chi connectivity index (χ3n) is 4.72. The van der Waals surface area contributed by atoms with Gasteiger partial charge in [-0.2, -0.15) is 4.98 Å². The highest BCUT2D eigenvalue weighted by molar-refractivity contribution is 5.94. The van der Waals surface area contributed by atoms with Crippen LogP contribution < -0.4 is 5.32 Å². The third-order valence-corrected chi connectivity index (χ3v) is 4.72. The van der Waals surface area contributed by atoms with E-state index in [0.29, 0.717) is 28.8 Å². The van der Waals surface area contributed by atoms with E-state index in [4.69, 9.17) is 4.52 Å². The van der Waals surface area contributed by atoms with E-state index in [1.54, 1.807) is 0 Å². The molecule has 8 nitrogen and oxygen atoms in total. The average Bonchev–Trinajstić information content (AvgIpc) is 3.39. The Morgan fingerprint density at radius 2 is 1.97 bits per heavy atom. The largest absolute Gasteiger partial charge is 0.345 e. The fourth-order valence-electron chi connectivity index (χ4n) is 2.93. The van der Waals surface area contributed by atoms with Crippen molar-refractivity contribution in [1.82, 2.24) is 30.1 Å². The summed E-state index contributed by atoms with van der Waals surface area (Å²) in [5, 5.41) is 15.3. The fourth-order valence-corrected chi connectivity index (χ4v) is 2.93. The average molecular weight is 390 g/mol. The lowest BCUT2D eigenvalue weighted by atomic mass is 10.1. The molecule has 1 N–H and O–H groups in total. The van der Waals surface area contributed by atoms with Crippen molar-refractivity contribution in [2.24, 2.45) is 0 Å². The van der Waals surface area contributed by atoms with Crippen LogP contribution in [0.2, 0.25) is 0 Å². The molecule has 0 aliphatic carbocycles. The van der Waals surface area contributed by atoms with Crippen molar-refractivity contribution in [1.29, 1.82) is 0 Å². The second-order valence-corrected chi connectivity index (χ2v) is 7.11. The van der Waals surface area contributed by atoms with Crippen LogP contribution in [-0.4, -0.2) is 30.6 Å². The van der Waals surface area contributed by atoms with Crippen LogP contribution in [0.1, 0.15) is 54.3 Å². The molecule has 3 aromatic heterocycles. The molecule has 8 heteroatoms. The quantitative estimate of drug-likeness (QED) is 0.542. The first-order chi connectivity index (χ1) is 14.0. The predicted molar refractivity (Wildman–Crippen MR) is 107 cm³/mol. The summed E-state index contributed by atoms with van der Waals surface area (Å²) in [7, 11) is 0. The van der Waals surface area contributed by atoms with Crippen molar-refractivity contribution >= 4 is 11.6 Å². The van der Waals surface area contributed by atoms with Crippen LogP contribution in [-0.2, 0) is 13.0 Å². The molecule has 0 saturated carbocycles. The first kappa shape index (κ1) is 18.8. The number of hydrogen-bond donors (Lipinski definition) is 1. The van der Waals surface area contributed by atoms with E-state index in [9.17, 15) is 4.79 Å². The highest BCUT2D eigenvalue weighted by Crippen LogP contribution is 2.21. The minimum Gasteiger partial charge on any atom is -0.345 e. The van der Waals surface area contributed by atoms with Gasteiger partial charge in [-0.25, -0.2) is 0 Å². The summed E-state index contributed by atoms with van der Waals surface area (Å²) < 4.78 is 7.16. The summed E-state index contributed by atoms with van der Waals surface area (Å²) >= 11 is 0. The number of fused-ring (bicyclic) bond motifs is 1. The number of carbonyl (C=O) groups excluding carboxylic acids is 1. The Hall–Kier alpha value is -3.55. The molecule has 148 valence electrons. The van der Waals surface area contributed by atoms with E-state index in [2.05, 4.69) is 32.6 Å². The van der Waals surface area contributed by atoms with Gasteiger partial charge in [0.15, 0.2) is 17.3 Å². The summed E-state index contributed by atoms with van der Waals surface area (Å²) in [5.41, 5.74) is 3.23. The van der Waals surface area contributed by atoms with Gasteiger partial charge in [-0.3, -0.25) is 9.20 Å². The molecule has 0 aliphatic rings. The molecule has 0 aliphatic heterocycles. The van der Waals surface area contributed by atoms with Gasteiger partial charge in [-0.1, -0.05) is 38.1 Å². The second-order valence-electron chi connectivity index (χ2n) is 7.11. The fraction of sp³-hybridized carbons (Fsp3) is 0.286. The maximum atomic E-state index is 12.4. The van der Waals surface area contributed by atoms with Crippen LogP contribution in [0.3, 0.4) is 0 Å². The predicted octanol–water partition coefficient (Wildman–Crippen LogP) is 3.40. The molecule has 0 bridgehead atoms. The zero-order valence-electron chi connectivity index (χ0n) is 16.6. The number of hydrogen-bond acceptors (Lipinski definition) is 6. The maximum Gasteiger partial charge on any atom is 0.258 e. The minimum atomic E-state index is -0.145. The molecule has 1 aromatic carbocycles. The van der Waals surface area contributed by atoms with Gasteiger partial charge < -0.3 is 9.84 Å². The Kier molecular flexibility index (Phi) is 5.07. The summed E-state index contributed by atoms with van der Waals surface area (Å²) in [6.07, 6.45) is 2.78. The number of nitrogens with one attached hydrogen (secondary N) is 1. The lowest BCUT2D eigenvalue weighted by molar-refractivity contribution is 0.0949. The van der Waals surface area contributed by atoms with E-state index in [-0.39, 0.29) is 18.4 Å². The van der Waals surface area contributed by atoms with E-state index in [0.717, 1.165) is 12.0 Å². The van der Waals surface area contributed by atoms with Crippen molar-refractivity contribution in [3.8, 4) is 11.5 Å². The number of rotatable bonds is 6. The number of pyridine rings is 1. The molecule has 0 spiro atoms. The standard InChI is InChI=1S/C21H22N6O2/c1-4-14-5-7-15(8-6-14)20(28)22-12-18-25-24-17-11-16(9-10-27(17)18)21-23-19(13(2)3)26-29-21/h5-11,13H,4,12H2,1-3H3,(H,22,28). The summed E-state index contributed by atoms with van der Waals surface area (Å²) in [6.45, 7) is 6.37. The van der Waals surface area contributed by atoms with Crippen molar-refractivity contribution in [3.63, 3.8) is 0 Å². The number of amides is 1. The molecule has 4 aromatic rings. The van der Waals surface area contributed by atoms with E-state index < -0.39 is 0 Å². The molecule has 0 saturated heterocycles. The molecule has 0 radical (unpaired) electrons. The molecule has 0 atom stereocenters. The molecule has 1 amide bonds. The van der Waals surface area contributed by atoms with Crippen LogP contribution in [0, 0.1) is 0 Å². The summed E-state index contributed by atoms with van der Waals surface area (Å²) in [5.74, 6) is 1.80. The third kappa shape index (κ3) is 3.87. The first-order valence-electron chi connectivity index (χ1n) is 9.60. The van der Waals surface area contributed by atoms with Gasteiger partial charge >= 0.3 is 0 Å². The topological polar surface area (TPSA) is 98.2 Å². The number of carbonyl (C=O) groups is 1. The van der Waals surface area contributed by atoms with Crippen LogP contribution >= 0.6 is 0 Å². The van der Waals surface area contributed by atoms with Crippen molar-refractivity contribution in [2.45, 2.75) is 39.7 Å². The molecule has 4 rings (SSSR count). The molecule has 29 heavy (non-hydrogen) atoms. The van der Waals surface area contributed by atoms with E-state index in [1.807, 2.05) is 60.8 Å². The molecule has 3 heterocycles. The first-order valence-corrected chi connectivity index (χ1v) is 9.60. The minimum absolute atomic E-state index is 0.145. The Morgan fingerprint density at radius 3 is 2.66 bits per heavy atom. The van der Waals surface area contributed by atoms with Crippen LogP contribution in [0.25, 0.3) is 17.1 Å². The molecular weight excluding hydrogens is 368 g/mol. The van der Waals surface area contributed by atoms with Crippen molar-refractivity contribution in [3.05, 3.63) is 65.4 Å². The lowest BCUT2D eigenvalue weighted by Gasteiger charge is -2.05. The van der Waals surface area contributed by atoms with E-state index in [1.165, 1.54) is 5.56 Å². The van der Waals surface area contributed by atoms with Crippen molar-refractivity contribution < 1.29 is 9.32 Å². The molecule has 0 unspecified atom stereocenters. The van der Waals surface area contributed by atoms with Crippen LogP contribution in [0.5, 0.6) is 0 Å². The number of nitrogens with zero attached hydrogens (tertiary/aromatic N) is 5. The SMILES string of the molecule is CCc1ccc(C(=O)NCc2nnc3cc(-c4nc(C(C)C)no4)ccn23)cc1. The van der Waals surface area contributed by atoms with Gasteiger partial charge in [0.1, 0.15) is 0 Å². The van der Waals surface area contributed by atoms with Crippen LogP contribution in [0.4, 0.5) is 0 Å². The number of aromatic nitrogens is 5. The summed E-state index contributed by atoms with van der Waals surface area (Å²) in [6, 6.07) is 11.3. The van der Waals surface area contributed by atoms with Crippen molar-refractivity contribution in [2.75, 3.05) is 0 Å². The normalized spacial score (nSPS) is 11.3. The van der Waals surface area contributed by atoms with Gasteiger partial charge in [0.05, 0.1) is 6.54 Å². The Bertz CT molecular complexity index is 1140. The van der Waals surface area contributed by atoms with Gasteiger partial charge in [0, 0.05) is 23.2 Å². The smallest absolute Gasteiger partial charge is 0.258 e.